The number of fused-ring (bicyclic) bond motifs is 3. The number of aromatic nitrogens is 4. The van der Waals surface area contributed by atoms with Crippen LogP contribution < -0.4 is 15.0 Å². The summed E-state index contributed by atoms with van der Waals surface area (Å²) < 4.78 is 17.4. The van der Waals surface area contributed by atoms with E-state index in [1.54, 1.807) is 19.1 Å². The first kappa shape index (κ1) is 15.2. The maximum Gasteiger partial charge on any atom is 0.341 e. The van der Waals surface area contributed by atoms with Gasteiger partial charge in [0.15, 0.2) is 11.5 Å². The van der Waals surface area contributed by atoms with Gasteiger partial charge in [0.2, 0.25) is 5.95 Å². The fraction of sp³-hybridized carbons (Fsp3) is 0.250. The van der Waals surface area contributed by atoms with Crippen LogP contribution in [0.5, 0.6) is 11.5 Å². The summed E-state index contributed by atoms with van der Waals surface area (Å²) in [4.78, 5) is 31.2. The minimum atomic E-state index is -0.494. The molecule has 0 saturated carbocycles. The van der Waals surface area contributed by atoms with Gasteiger partial charge in [-0.05, 0) is 19.1 Å². The lowest BCUT2D eigenvalue weighted by Crippen LogP contribution is -2.18. The third kappa shape index (κ3) is 2.59. The minimum absolute atomic E-state index is 0.163. The van der Waals surface area contributed by atoms with Crippen molar-refractivity contribution in [1.29, 1.82) is 0 Å². The molecule has 1 aliphatic rings. The molecule has 0 amide bonds. The maximum atomic E-state index is 12.4. The molecule has 4 rings (SSSR count). The lowest BCUT2D eigenvalue weighted by atomic mass is 10.2. The first-order valence-electron chi connectivity index (χ1n) is 7.72. The average Bonchev–Trinajstić information content (AvgIpc) is 3.12. The first-order valence-corrected chi connectivity index (χ1v) is 7.72. The van der Waals surface area contributed by atoms with Crippen LogP contribution in [0.15, 0.2) is 29.3 Å². The Hall–Kier alpha value is -3.36. The zero-order chi connectivity index (χ0) is 17.4. The lowest BCUT2D eigenvalue weighted by Gasteiger charge is -2.19. The van der Waals surface area contributed by atoms with E-state index in [4.69, 9.17) is 14.2 Å². The molecule has 9 heteroatoms. The Labute approximate surface area is 141 Å². The van der Waals surface area contributed by atoms with Crippen molar-refractivity contribution < 1.29 is 19.0 Å². The fourth-order valence-corrected chi connectivity index (χ4v) is 2.57. The molecule has 0 aliphatic carbocycles. The van der Waals surface area contributed by atoms with Crippen LogP contribution >= 0.6 is 0 Å². The van der Waals surface area contributed by atoms with Crippen molar-refractivity contribution >= 4 is 16.9 Å². The Bertz CT molecular complexity index is 1020. The second kappa shape index (κ2) is 5.93. The number of carbonyl (C=O) groups is 1. The SMILES string of the molecule is CCOC(=O)c1cnn(-c2nc3c4c(ccc3c(=O)[nH]2)OCCO4)c1. The zero-order valence-corrected chi connectivity index (χ0v) is 13.3. The van der Waals surface area contributed by atoms with Crippen LogP contribution in [0.3, 0.4) is 0 Å². The van der Waals surface area contributed by atoms with Gasteiger partial charge in [-0.1, -0.05) is 0 Å². The molecule has 0 saturated heterocycles. The van der Waals surface area contributed by atoms with Crippen LogP contribution in [0.1, 0.15) is 17.3 Å². The molecule has 0 unspecified atom stereocenters. The van der Waals surface area contributed by atoms with Gasteiger partial charge in [-0.3, -0.25) is 9.78 Å². The number of hydrogen-bond donors (Lipinski definition) is 1. The van der Waals surface area contributed by atoms with E-state index in [1.165, 1.54) is 17.1 Å². The van der Waals surface area contributed by atoms with Crippen LogP contribution in [0, 0.1) is 0 Å². The summed E-state index contributed by atoms with van der Waals surface area (Å²) in [7, 11) is 0. The molecular formula is C16H14N4O5. The summed E-state index contributed by atoms with van der Waals surface area (Å²) in [5.41, 5.74) is 0.300. The van der Waals surface area contributed by atoms with Crippen LogP contribution in [-0.2, 0) is 4.74 Å². The molecule has 0 radical (unpaired) electrons. The van der Waals surface area contributed by atoms with Crippen LogP contribution in [0.4, 0.5) is 0 Å². The number of ether oxygens (including phenoxy) is 3. The second-order valence-electron chi connectivity index (χ2n) is 5.27. The number of hydrogen-bond acceptors (Lipinski definition) is 7. The summed E-state index contributed by atoms with van der Waals surface area (Å²) in [6.07, 6.45) is 2.79. The molecule has 1 aliphatic heterocycles. The Morgan fingerprint density at radius 2 is 2.20 bits per heavy atom. The standard InChI is InChI=1S/C16H14N4O5/c1-2-23-15(22)9-7-17-20(8-9)16-18-12-10(14(21)19-16)3-4-11-13(12)25-6-5-24-11/h3-4,7-8H,2,5-6H2,1H3,(H,18,19,21). The summed E-state index contributed by atoms with van der Waals surface area (Å²) in [6, 6.07) is 3.31. The van der Waals surface area contributed by atoms with Gasteiger partial charge in [0, 0.05) is 6.20 Å². The molecule has 0 bridgehead atoms. The highest BCUT2D eigenvalue weighted by Gasteiger charge is 2.19. The van der Waals surface area contributed by atoms with Gasteiger partial charge >= 0.3 is 5.97 Å². The molecule has 1 N–H and O–H groups in total. The smallest absolute Gasteiger partial charge is 0.341 e. The van der Waals surface area contributed by atoms with E-state index < -0.39 is 5.97 Å². The lowest BCUT2D eigenvalue weighted by molar-refractivity contribution is 0.0526. The van der Waals surface area contributed by atoms with Gasteiger partial charge in [-0.2, -0.15) is 5.10 Å². The van der Waals surface area contributed by atoms with Crippen molar-refractivity contribution in [2.45, 2.75) is 6.92 Å². The Morgan fingerprint density at radius 3 is 3.04 bits per heavy atom. The van der Waals surface area contributed by atoms with Crippen molar-refractivity contribution in [2.24, 2.45) is 0 Å². The highest BCUT2D eigenvalue weighted by Crippen LogP contribution is 2.35. The van der Waals surface area contributed by atoms with Gasteiger partial charge in [-0.15, -0.1) is 0 Å². The van der Waals surface area contributed by atoms with Crippen LogP contribution in [0.25, 0.3) is 16.9 Å². The van der Waals surface area contributed by atoms with E-state index >= 15 is 0 Å². The van der Waals surface area contributed by atoms with Crippen molar-refractivity contribution in [3.63, 3.8) is 0 Å². The number of benzene rings is 1. The molecule has 1 aromatic carbocycles. The quantitative estimate of drug-likeness (QED) is 0.709. The molecular weight excluding hydrogens is 328 g/mol. The Morgan fingerprint density at radius 1 is 1.36 bits per heavy atom. The van der Waals surface area contributed by atoms with Gasteiger partial charge in [0.25, 0.3) is 5.56 Å². The van der Waals surface area contributed by atoms with Crippen molar-refractivity contribution in [3.8, 4) is 17.4 Å². The number of esters is 1. The van der Waals surface area contributed by atoms with Crippen molar-refractivity contribution in [1.82, 2.24) is 19.7 Å². The predicted molar refractivity (Wildman–Crippen MR) is 86.4 cm³/mol. The molecule has 128 valence electrons. The van der Waals surface area contributed by atoms with Crippen LogP contribution in [-0.4, -0.2) is 45.5 Å². The second-order valence-corrected chi connectivity index (χ2v) is 5.27. The van der Waals surface area contributed by atoms with E-state index in [9.17, 15) is 9.59 Å². The van der Waals surface area contributed by atoms with Gasteiger partial charge in [-0.25, -0.2) is 14.5 Å². The third-order valence-electron chi connectivity index (χ3n) is 3.68. The summed E-state index contributed by atoms with van der Waals surface area (Å²) in [6.45, 7) is 2.80. The van der Waals surface area contributed by atoms with E-state index in [2.05, 4.69) is 15.1 Å². The topological polar surface area (TPSA) is 108 Å². The average molecular weight is 342 g/mol. The highest BCUT2D eigenvalue weighted by atomic mass is 16.6. The van der Waals surface area contributed by atoms with Crippen molar-refractivity contribution in [3.05, 3.63) is 40.4 Å². The van der Waals surface area contributed by atoms with Gasteiger partial charge in [0.1, 0.15) is 18.7 Å². The van der Waals surface area contributed by atoms with Gasteiger partial charge in [0.05, 0.1) is 23.8 Å². The summed E-state index contributed by atoms with van der Waals surface area (Å²) in [5, 5.41) is 4.44. The number of nitrogens with zero attached hydrogens (tertiary/aromatic N) is 3. The summed E-state index contributed by atoms with van der Waals surface area (Å²) >= 11 is 0. The highest BCUT2D eigenvalue weighted by molar-refractivity contribution is 5.89. The molecule has 0 spiro atoms. The Kier molecular flexibility index (Phi) is 3.60. The molecule has 2 aromatic heterocycles. The van der Waals surface area contributed by atoms with Crippen molar-refractivity contribution in [2.75, 3.05) is 19.8 Å². The molecule has 3 heterocycles. The normalized spacial score (nSPS) is 13.0. The number of rotatable bonds is 3. The monoisotopic (exact) mass is 342 g/mol. The largest absolute Gasteiger partial charge is 0.486 e. The predicted octanol–water partition coefficient (Wildman–Crippen LogP) is 1.06. The number of H-pyrrole nitrogens is 1. The number of carbonyl (C=O) groups excluding carboxylic acids is 1. The maximum absolute atomic E-state index is 12.4. The summed E-state index contributed by atoms with van der Waals surface area (Å²) in [5.74, 6) is 0.631. The Balaban J connectivity index is 1.83. The molecule has 0 fully saturated rings. The minimum Gasteiger partial charge on any atom is -0.486 e. The number of nitrogens with one attached hydrogen (secondary N) is 1. The zero-order valence-electron chi connectivity index (χ0n) is 13.3. The van der Waals surface area contributed by atoms with E-state index in [1.807, 2.05) is 0 Å². The van der Waals surface area contributed by atoms with E-state index in [-0.39, 0.29) is 23.7 Å². The molecule has 3 aromatic rings. The van der Waals surface area contributed by atoms with Crippen LogP contribution in [0.2, 0.25) is 0 Å². The fourth-order valence-electron chi connectivity index (χ4n) is 2.57. The molecule has 0 atom stereocenters. The van der Waals surface area contributed by atoms with E-state index in [0.29, 0.717) is 35.6 Å². The third-order valence-corrected chi connectivity index (χ3v) is 3.68. The van der Waals surface area contributed by atoms with Gasteiger partial charge < -0.3 is 14.2 Å². The first-order chi connectivity index (χ1) is 12.2. The molecule has 9 nitrogen and oxygen atoms in total. The molecule has 25 heavy (non-hydrogen) atoms. The number of aromatic amines is 1. The van der Waals surface area contributed by atoms with E-state index in [0.717, 1.165) is 0 Å².